The Bertz CT molecular complexity index is 950. The van der Waals surface area contributed by atoms with Crippen LogP contribution in [0.3, 0.4) is 0 Å². The lowest BCUT2D eigenvalue weighted by atomic mass is 9.59. The molecule has 29 heavy (non-hydrogen) atoms. The predicted molar refractivity (Wildman–Crippen MR) is 100 cm³/mol. The van der Waals surface area contributed by atoms with Crippen LogP contribution in [-0.4, -0.2) is 63.8 Å². The van der Waals surface area contributed by atoms with E-state index in [0.29, 0.717) is 18.8 Å². The van der Waals surface area contributed by atoms with E-state index in [1.54, 1.807) is 29.9 Å². The van der Waals surface area contributed by atoms with Gasteiger partial charge in [-0.25, -0.2) is 13.5 Å². The van der Waals surface area contributed by atoms with Crippen molar-refractivity contribution in [2.75, 3.05) is 27.2 Å². The molecule has 1 aliphatic heterocycles. The Labute approximate surface area is 167 Å². The Morgan fingerprint density at radius 3 is 2.52 bits per heavy atom. The molecule has 1 spiro atoms. The number of carbonyl (C=O) groups excluding carboxylic acids is 2. The van der Waals surface area contributed by atoms with Crippen LogP contribution >= 0.6 is 0 Å². The fraction of sp³-hybridized carbons (Fsp3) is 0.500. The van der Waals surface area contributed by atoms with Gasteiger partial charge in [-0.15, -0.1) is 5.10 Å². The van der Waals surface area contributed by atoms with E-state index in [0.717, 1.165) is 43.9 Å². The summed E-state index contributed by atoms with van der Waals surface area (Å²) in [5.74, 6) is -2.01. The molecule has 1 saturated carbocycles. The maximum atomic E-state index is 13.9. The molecule has 9 heteroatoms. The average molecular weight is 403 g/mol. The van der Waals surface area contributed by atoms with Crippen molar-refractivity contribution in [2.45, 2.75) is 31.7 Å². The van der Waals surface area contributed by atoms with Crippen molar-refractivity contribution in [1.29, 1.82) is 0 Å². The maximum absolute atomic E-state index is 13.9. The molecule has 2 heterocycles. The fourth-order valence-electron chi connectivity index (χ4n) is 4.42. The van der Waals surface area contributed by atoms with Gasteiger partial charge in [-0.1, -0.05) is 5.21 Å². The maximum Gasteiger partial charge on any atom is 0.275 e. The number of piperidine rings is 1. The van der Waals surface area contributed by atoms with Gasteiger partial charge < -0.3 is 9.80 Å². The molecule has 2 amide bonds. The Balaban J connectivity index is 1.44. The van der Waals surface area contributed by atoms with Crippen LogP contribution in [0.25, 0.3) is 0 Å². The highest BCUT2D eigenvalue weighted by Gasteiger charge is 2.50. The number of amides is 2. The second kappa shape index (κ2) is 7.20. The second-order valence-corrected chi connectivity index (χ2v) is 8.12. The van der Waals surface area contributed by atoms with Gasteiger partial charge in [0.25, 0.3) is 11.8 Å². The minimum Gasteiger partial charge on any atom is -0.343 e. The smallest absolute Gasteiger partial charge is 0.275 e. The van der Waals surface area contributed by atoms with Crippen molar-refractivity contribution < 1.29 is 18.4 Å². The molecule has 1 aliphatic carbocycles. The highest BCUT2D eigenvalue weighted by Crippen LogP contribution is 2.56. The van der Waals surface area contributed by atoms with Crippen molar-refractivity contribution in [3.8, 4) is 0 Å². The molecule has 0 N–H and O–H groups in total. The van der Waals surface area contributed by atoms with E-state index in [1.807, 2.05) is 0 Å². The second-order valence-electron chi connectivity index (χ2n) is 8.12. The zero-order valence-corrected chi connectivity index (χ0v) is 16.4. The van der Waals surface area contributed by atoms with Crippen molar-refractivity contribution >= 4 is 11.8 Å². The van der Waals surface area contributed by atoms with E-state index in [9.17, 15) is 18.4 Å². The first-order valence-corrected chi connectivity index (χ1v) is 9.68. The summed E-state index contributed by atoms with van der Waals surface area (Å²) in [6.45, 7) is 0.951. The molecule has 1 atom stereocenters. The summed E-state index contributed by atoms with van der Waals surface area (Å²) in [7, 11) is 3.33. The first-order valence-electron chi connectivity index (χ1n) is 9.68. The molecule has 0 bridgehead atoms. The zero-order valence-electron chi connectivity index (χ0n) is 16.4. The van der Waals surface area contributed by atoms with Crippen molar-refractivity contribution in [3.63, 3.8) is 0 Å². The SMILES string of the molecule is CN(C)C(=O)c1cn(C2CCC23CCN(C(=O)c2cc(F)ccc2F)CC3)nn1. The van der Waals surface area contributed by atoms with Gasteiger partial charge in [0.05, 0.1) is 17.8 Å². The van der Waals surface area contributed by atoms with Gasteiger partial charge in [0, 0.05) is 27.2 Å². The third-order valence-electron chi connectivity index (χ3n) is 6.28. The zero-order chi connectivity index (χ0) is 20.8. The molecule has 7 nitrogen and oxygen atoms in total. The number of likely N-dealkylation sites (tertiary alicyclic amines) is 1. The van der Waals surface area contributed by atoms with Gasteiger partial charge in [0.1, 0.15) is 11.6 Å². The number of hydrogen-bond acceptors (Lipinski definition) is 4. The molecule has 2 aromatic rings. The predicted octanol–water partition coefficient (Wildman–Crippen LogP) is 2.52. The quantitative estimate of drug-likeness (QED) is 0.790. The Hall–Kier alpha value is -2.84. The van der Waals surface area contributed by atoms with Gasteiger partial charge in [-0.2, -0.15) is 0 Å². The number of nitrogens with zero attached hydrogens (tertiary/aromatic N) is 5. The highest BCUT2D eigenvalue weighted by atomic mass is 19.1. The van der Waals surface area contributed by atoms with E-state index in [-0.39, 0.29) is 22.9 Å². The van der Waals surface area contributed by atoms with Crippen molar-refractivity contribution in [2.24, 2.45) is 5.41 Å². The van der Waals surface area contributed by atoms with Crippen LogP contribution in [0.5, 0.6) is 0 Å². The van der Waals surface area contributed by atoms with E-state index < -0.39 is 17.5 Å². The molecule has 1 aromatic heterocycles. The van der Waals surface area contributed by atoms with Gasteiger partial charge >= 0.3 is 0 Å². The lowest BCUT2D eigenvalue weighted by molar-refractivity contribution is -0.0269. The largest absolute Gasteiger partial charge is 0.343 e. The summed E-state index contributed by atoms with van der Waals surface area (Å²) in [5, 5.41) is 8.16. The molecule has 1 unspecified atom stereocenters. The van der Waals surface area contributed by atoms with Crippen LogP contribution in [0, 0.1) is 17.0 Å². The van der Waals surface area contributed by atoms with Crippen LogP contribution in [0.1, 0.15) is 52.6 Å². The molecule has 154 valence electrons. The molecule has 1 aromatic carbocycles. The number of aromatic nitrogens is 3. The third kappa shape index (κ3) is 3.38. The minimum absolute atomic E-state index is 0.0105. The number of rotatable bonds is 3. The van der Waals surface area contributed by atoms with Crippen LogP contribution < -0.4 is 0 Å². The standard InChI is InChI=1S/C20H23F2N5O2/c1-25(2)19(29)16-12-27(24-23-16)17-5-6-20(17)7-9-26(10-8-20)18(28)14-11-13(21)3-4-15(14)22/h3-4,11-12,17H,5-10H2,1-2H3. The van der Waals surface area contributed by atoms with Gasteiger partial charge in [-0.3, -0.25) is 9.59 Å². The molecule has 0 radical (unpaired) electrons. The van der Waals surface area contributed by atoms with Crippen molar-refractivity contribution in [3.05, 3.63) is 47.3 Å². The van der Waals surface area contributed by atoms with Gasteiger partial charge in [0.2, 0.25) is 0 Å². The third-order valence-corrected chi connectivity index (χ3v) is 6.28. The number of benzene rings is 1. The lowest BCUT2D eigenvalue weighted by Gasteiger charge is -2.53. The first kappa shape index (κ1) is 19.5. The average Bonchev–Trinajstić information content (AvgIpc) is 3.17. The lowest BCUT2D eigenvalue weighted by Crippen LogP contribution is -2.51. The first-order chi connectivity index (χ1) is 13.8. The summed E-state index contributed by atoms with van der Waals surface area (Å²) in [6, 6.07) is 3.06. The van der Waals surface area contributed by atoms with Gasteiger partial charge in [0.15, 0.2) is 5.69 Å². The van der Waals surface area contributed by atoms with Crippen LogP contribution in [0.15, 0.2) is 24.4 Å². The van der Waals surface area contributed by atoms with Crippen LogP contribution in [-0.2, 0) is 0 Å². The Kier molecular flexibility index (Phi) is 4.84. The highest BCUT2D eigenvalue weighted by molar-refractivity contribution is 5.94. The molecule has 4 rings (SSSR count). The van der Waals surface area contributed by atoms with Gasteiger partial charge in [-0.05, 0) is 49.3 Å². The van der Waals surface area contributed by atoms with E-state index >= 15 is 0 Å². The summed E-state index contributed by atoms with van der Waals surface area (Å²) in [4.78, 5) is 27.7. The van der Waals surface area contributed by atoms with Crippen molar-refractivity contribution in [1.82, 2.24) is 24.8 Å². The normalized spacial score (nSPS) is 20.4. The number of carbonyl (C=O) groups is 2. The topological polar surface area (TPSA) is 71.3 Å². The summed E-state index contributed by atoms with van der Waals surface area (Å²) < 4.78 is 29.1. The monoisotopic (exact) mass is 403 g/mol. The number of halogens is 2. The molecule has 2 fully saturated rings. The summed E-state index contributed by atoms with van der Waals surface area (Å²) >= 11 is 0. The summed E-state index contributed by atoms with van der Waals surface area (Å²) in [6.07, 6.45) is 5.12. The molecule has 2 aliphatic rings. The fourth-order valence-corrected chi connectivity index (χ4v) is 4.42. The summed E-state index contributed by atoms with van der Waals surface area (Å²) in [5.41, 5.74) is 0.0732. The molecule has 1 saturated heterocycles. The molecular formula is C20H23F2N5O2. The Morgan fingerprint density at radius 1 is 1.17 bits per heavy atom. The van der Waals surface area contributed by atoms with E-state index in [1.165, 1.54) is 4.90 Å². The molecular weight excluding hydrogens is 380 g/mol. The van der Waals surface area contributed by atoms with E-state index in [4.69, 9.17) is 0 Å². The Morgan fingerprint density at radius 2 is 1.90 bits per heavy atom. The van der Waals surface area contributed by atoms with E-state index in [2.05, 4.69) is 10.3 Å². The minimum atomic E-state index is -0.709. The number of hydrogen-bond donors (Lipinski definition) is 0. The van der Waals surface area contributed by atoms with Crippen LogP contribution in [0.2, 0.25) is 0 Å². The van der Waals surface area contributed by atoms with Crippen LogP contribution in [0.4, 0.5) is 8.78 Å².